The molecule has 0 radical (unpaired) electrons. The SMILES string of the molecule is NCCCCCc1ccc2c(c1)C(=O)N(CCC(=O)O)CC(=O)N2Cc1cccc(Oc2ccccc2)c1. The Bertz CT molecular complexity index is 1280. The van der Waals surface area contributed by atoms with E-state index in [0.29, 0.717) is 29.3 Å². The van der Waals surface area contributed by atoms with Crippen LogP contribution < -0.4 is 15.4 Å². The standard InChI is InChI=1S/C30H33N3O5/c31-16-6-2-3-8-22-13-14-27-26(19-22)30(37)32(17-15-29(35)36)21-28(34)33(27)20-23-9-7-12-25(18-23)38-24-10-4-1-5-11-24/h1,4-5,7,9-14,18-19H,2-3,6,8,15-17,20-21,31H2,(H,35,36). The Morgan fingerprint density at radius 2 is 1.68 bits per heavy atom. The third-order valence-electron chi connectivity index (χ3n) is 6.48. The van der Waals surface area contributed by atoms with Crippen LogP contribution in [0.5, 0.6) is 11.5 Å². The molecule has 3 aromatic rings. The van der Waals surface area contributed by atoms with Gasteiger partial charge in [-0.1, -0.05) is 42.8 Å². The molecule has 3 N–H and O–H groups in total. The van der Waals surface area contributed by atoms with Gasteiger partial charge in [0.2, 0.25) is 5.91 Å². The van der Waals surface area contributed by atoms with Crippen molar-refractivity contribution in [1.82, 2.24) is 4.90 Å². The molecule has 8 nitrogen and oxygen atoms in total. The molecule has 3 aromatic carbocycles. The monoisotopic (exact) mass is 515 g/mol. The fraction of sp³-hybridized carbons (Fsp3) is 0.300. The Balaban J connectivity index is 1.62. The lowest BCUT2D eigenvalue weighted by molar-refractivity contribution is -0.137. The zero-order valence-corrected chi connectivity index (χ0v) is 21.3. The normalized spacial score (nSPS) is 13.3. The molecule has 0 bridgehead atoms. The van der Waals surface area contributed by atoms with Crippen LogP contribution in [0.2, 0.25) is 0 Å². The number of nitrogens with two attached hydrogens (primary N) is 1. The summed E-state index contributed by atoms with van der Waals surface area (Å²) >= 11 is 0. The van der Waals surface area contributed by atoms with Crippen LogP contribution in [0.15, 0.2) is 72.8 Å². The fourth-order valence-electron chi connectivity index (χ4n) is 4.52. The van der Waals surface area contributed by atoms with Gasteiger partial charge in [-0.05, 0) is 73.3 Å². The van der Waals surface area contributed by atoms with Crippen LogP contribution in [-0.2, 0) is 22.6 Å². The molecule has 0 unspecified atom stereocenters. The minimum absolute atomic E-state index is 0.0334. The largest absolute Gasteiger partial charge is 0.481 e. The van der Waals surface area contributed by atoms with Crippen molar-refractivity contribution in [2.45, 2.75) is 38.6 Å². The first-order chi connectivity index (χ1) is 18.4. The second-order valence-electron chi connectivity index (χ2n) is 9.36. The summed E-state index contributed by atoms with van der Waals surface area (Å²) in [5, 5.41) is 9.17. The molecule has 0 saturated heterocycles. The Morgan fingerprint density at radius 3 is 2.45 bits per heavy atom. The molecule has 198 valence electrons. The van der Waals surface area contributed by atoms with E-state index in [1.54, 1.807) is 4.90 Å². The van der Waals surface area contributed by atoms with E-state index >= 15 is 0 Å². The van der Waals surface area contributed by atoms with Crippen LogP contribution in [0.4, 0.5) is 5.69 Å². The third kappa shape index (κ3) is 6.98. The number of carboxylic acid groups (broad SMARTS) is 1. The van der Waals surface area contributed by atoms with Gasteiger partial charge in [0, 0.05) is 6.54 Å². The highest BCUT2D eigenvalue weighted by molar-refractivity contribution is 6.09. The highest BCUT2D eigenvalue weighted by Crippen LogP contribution is 2.30. The molecule has 0 spiro atoms. The number of carboxylic acids is 1. The van der Waals surface area contributed by atoms with Crippen molar-refractivity contribution in [3.05, 3.63) is 89.5 Å². The molecule has 1 heterocycles. The molecule has 2 amide bonds. The summed E-state index contributed by atoms with van der Waals surface area (Å²) in [5.74, 6) is -0.271. The van der Waals surface area contributed by atoms with Crippen molar-refractivity contribution in [2.75, 3.05) is 24.5 Å². The molecule has 1 aliphatic heterocycles. The van der Waals surface area contributed by atoms with Gasteiger partial charge in [0.15, 0.2) is 0 Å². The number of para-hydroxylation sites is 1. The maximum atomic E-state index is 13.5. The molecule has 0 atom stereocenters. The van der Waals surface area contributed by atoms with Gasteiger partial charge < -0.3 is 25.4 Å². The Hall–Kier alpha value is -4.17. The molecule has 0 fully saturated rings. The molecule has 0 saturated carbocycles. The van der Waals surface area contributed by atoms with E-state index in [9.17, 15) is 19.5 Å². The van der Waals surface area contributed by atoms with Crippen LogP contribution in [0.1, 0.15) is 47.2 Å². The minimum Gasteiger partial charge on any atom is -0.481 e. The van der Waals surface area contributed by atoms with E-state index in [1.807, 2.05) is 72.8 Å². The highest BCUT2D eigenvalue weighted by Gasteiger charge is 2.32. The van der Waals surface area contributed by atoms with Crippen molar-refractivity contribution in [3.8, 4) is 11.5 Å². The first-order valence-electron chi connectivity index (χ1n) is 12.9. The number of aliphatic carboxylic acids is 1. The number of aryl methyl sites for hydroxylation is 1. The highest BCUT2D eigenvalue weighted by atomic mass is 16.5. The van der Waals surface area contributed by atoms with E-state index in [-0.39, 0.29) is 37.9 Å². The number of carbonyl (C=O) groups excluding carboxylic acids is 2. The van der Waals surface area contributed by atoms with Crippen molar-refractivity contribution in [2.24, 2.45) is 5.73 Å². The van der Waals surface area contributed by atoms with Gasteiger partial charge in [-0.2, -0.15) is 0 Å². The third-order valence-corrected chi connectivity index (χ3v) is 6.48. The summed E-state index contributed by atoms with van der Waals surface area (Å²) in [5.41, 5.74) is 8.38. The summed E-state index contributed by atoms with van der Waals surface area (Å²) in [6.45, 7) is 0.671. The summed E-state index contributed by atoms with van der Waals surface area (Å²) in [6, 6.07) is 22.6. The molecule has 0 aromatic heterocycles. The summed E-state index contributed by atoms with van der Waals surface area (Å²) in [7, 11) is 0. The van der Waals surface area contributed by atoms with E-state index < -0.39 is 5.97 Å². The fourth-order valence-corrected chi connectivity index (χ4v) is 4.52. The van der Waals surface area contributed by atoms with E-state index in [0.717, 1.165) is 36.8 Å². The number of nitrogens with zero attached hydrogens (tertiary/aromatic N) is 2. The van der Waals surface area contributed by atoms with Crippen molar-refractivity contribution >= 4 is 23.5 Å². The lowest BCUT2D eigenvalue weighted by Gasteiger charge is -2.23. The number of amides is 2. The summed E-state index contributed by atoms with van der Waals surface area (Å²) in [6.07, 6.45) is 3.46. The minimum atomic E-state index is -1.02. The van der Waals surface area contributed by atoms with Gasteiger partial charge in [-0.15, -0.1) is 0 Å². The lowest BCUT2D eigenvalue weighted by atomic mass is 10.0. The number of benzene rings is 3. The first kappa shape index (κ1) is 26.9. The Kier molecular flexibility index (Phi) is 9.11. The zero-order valence-electron chi connectivity index (χ0n) is 21.3. The molecule has 8 heteroatoms. The van der Waals surface area contributed by atoms with Crippen molar-refractivity contribution < 1.29 is 24.2 Å². The van der Waals surface area contributed by atoms with Crippen LogP contribution in [0, 0.1) is 0 Å². The van der Waals surface area contributed by atoms with Crippen LogP contribution >= 0.6 is 0 Å². The average molecular weight is 516 g/mol. The van der Waals surface area contributed by atoms with Crippen LogP contribution in [0.25, 0.3) is 0 Å². The molecule has 0 aliphatic carbocycles. The summed E-state index contributed by atoms with van der Waals surface area (Å²) in [4.78, 5) is 41.1. The predicted octanol–water partition coefficient (Wildman–Crippen LogP) is 4.61. The van der Waals surface area contributed by atoms with Gasteiger partial charge in [0.1, 0.15) is 18.0 Å². The first-order valence-corrected chi connectivity index (χ1v) is 12.9. The molecular weight excluding hydrogens is 482 g/mol. The van der Waals surface area contributed by atoms with Gasteiger partial charge in [0.05, 0.1) is 24.2 Å². The van der Waals surface area contributed by atoms with Gasteiger partial charge in [-0.3, -0.25) is 14.4 Å². The Morgan fingerprint density at radius 1 is 0.895 bits per heavy atom. The molecule has 38 heavy (non-hydrogen) atoms. The smallest absolute Gasteiger partial charge is 0.305 e. The number of carbonyl (C=O) groups is 3. The second kappa shape index (κ2) is 12.9. The average Bonchev–Trinajstić information content (AvgIpc) is 3.01. The number of fused-ring (bicyclic) bond motifs is 1. The van der Waals surface area contributed by atoms with Crippen LogP contribution in [-0.4, -0.2) is 47.4 Å². The number of hydrogen-bond donors (Lipinski definition) is 2. The van der Waals surface area contributed by atoms with Crippen LogP contribution in [0.3, 0.4) is 0 Å². The van der Waals surface area contributed by atoms with E-state index in [4.69, 9.17) is 10.5 Å². The topological polar surface area (TPSA) is 113 Å². The quantitative estimate of drug-likeness (QED) is 0.341. The number of ether oxygens (including phenoxy) is 1. The molecular formula is C30H33N3O5. The number of rotatable bonds is 12. The van der Waals surface area contributed by atoms with Crippen molar-refractivity contribution in [1.29, 1.82) is 0 Å². The number of anilines is 1. The maximum Gasteiger partial charge on any atom is 0.305 e. The number of hydrogen-bond acceptors (Lipinski definition) is 5. The predicted molar refractivity (Wildman–Crippen MR) is 145 cm³/mol. The maximum absolute atomic E-state index is 13.5. The summed E-state index contributed by atoms with van der Waals surface area (Å²) < 4.78 is 5.96. The van der Waals surface area contributed by atoms with Gasteiger partial charge in [-0.25, -0.2) is 0 Å². The Labute approximate surface area is 222 Å². The van der Waals surface area contributed by atoms with Gasteiger partial charge >= 0.3 is 5.97 Å². The van der Waals surface area contributed by atoms with Gasteiger partial charge in [0.25, 0.3) is 5.91 Å². The van der Waals surface area contributed by atoms with Crippen molar-refractivity contribution in [3.63, 3.8) is 0 Å². The second-order valence-corrected chi connectivity index (χ2v) is 9.36. The van der Waals surface area contributed by atoms with E-state index in [2.05, 4.69) is 0 Å². The number of unbranched alkanes of at least 4 members (excludes halogenated alkanes) is 2. The lowest BCUT2D eigenvalue weighted by Crippen LogP contribution is -2.40. The zero-order chi connectivity index (χ0) is 26.9. The van der Waals surface area contributed by atoms with E-state index in [1.165, 1.54) is 4.90 Å². The molecule has 1 aliphatic rings. The molecule has 4 rings (SSSR count).